The fourth-order valence-electron chi connectivity index (χ4n) is 3.85. The predicted molar refractivity (Wildman–Crippen MR) is 76.6 cm³/mol. The highest BCUT2D eigenvalue weighted by Gasteiger charge is 2.31. The quantitative estimate of drug-likeness (QED) is 0.755. The van der Waals surface area contributed by atoms with Crippen LogP contribution < -0.4 is 5.32 Å². The third-order valence-electron chi connectivity index (χ3n) is 5.16. The first-order chi connectivity index (χ1) is 8.59. The summed E-state index contributed by atoms with van der Waals surface area (Å²) in [4.78, 5) is 0. The summed E-state index contributed by atoms with van der Waals surface area (Å²) in [5.41, 5.74) is -0.417. The van der Waals surface area contributed by atoms with Gasteiger partial charge in [-0.2, -0.15) is 0 Å². The SMILES string of the molecule is CC1CCC(NCC2(O)CCCCCC2)C(C)C1. The monoisotopic (exact) mass is 253 g/mol. The van der Waals surface area contributed by atoms with Crippen molar-refractivity contribution < 1.29 is 5.11 Å². The smallest absolute Gasteiger partial charge is 0.0771 e. The van der Waals surface area contributed by atoms with Gasteiger partial charge in [0.2, 0.25) is 0 Å². The number of rotatable bonds is 3. The topological polar surface area (TPSA) is 32.3 Å². The Morgan fingerprint density at radius 3 is 2.33 bits per heavy atom. The van der Waals surface area contributed by atoms with Gasteiger partial charge in [0.1, 0.15) is 0 Å². The number of aliphatic hydroxyl groups is 1. The fourth-order valence-corrected chi connectivity index (χ4v) is 3.85. The summed E-state index contributed by atoms with van der Waals surface area (Å²) in [6.45, 7) is 5.55. The molecule has 2 aliphatic carbocycles. The van der Waals surface area contributed by atoms with Gasteiger partial charge in [-0.1, -0.05) is 39.5 Å². The Morgan fingerprint density at radius 2 is 1.72 bits per heavy atom. The van der Waals surface area contributed by atoms with Gasteiger partial charge in [0.25, 0.3) is 0 Å². The van der Waals surface area contributed by atoms with Crippen LogP contribution in [0.1, 0.15) is 71.6 Å². The van der Waals surface area contributed by atoms with Crippen LogP contribution in [0.2, 0.25) is 0 Å². The van der Waals surface area contributed by atoms with Gasteiger partial charge in [-0.05, 0) is 43.9 Å². The largest absolute Gasteiger partial charge is 0.389 e. The molecule has 0 aliphatic heterocycles. The molecule has 18 heavy (non-hydrogen) atoms. The van der Waals surface area contributed by atoms with Crippen LogP contribution in [-0.2, 0) is 0 Å². The van der Waals surface area contributed by atoms with Crippen molar-refractivity contribution in [1.29, 1.82) is 0 Å². The first-order valence-corrected chi connectivity index (χ1v) is 8.05. The predicted octanol–water partition coefficient (Wildman–Crippen LogP) is 3.49. The first-order valence-electron chi connectivity index (χ1n) is 8.05. The molecule has 2 heteroatoms. The molecule has 2 N–H and O–H groups in total. The molecule has 2 saturated carbocycles. The third-order valence-corrected chi connectivity index (χ3v) is 5.16. The van der Waals surface area contributed by atoms with Gasteiger partial charge in [-0.15, -0.1) is 0 Å². The Kier molecular flexibility index (Phi) is 5.08. The standard InChI is InChI=1S/C16H31NO/c1-13-7-8-15(14(2)11-13)17-12-16(18)9-5-3-4-6-10-16/h13-15,17-18H,3-12H2,1-2H3. The Labute approximate surface area is 113 Å². The highest BCUT2D eigenvalue weighted by molar-refractivity contribution is 4.87. The van der Waals surface area contributed by atoms with Gasteiger partial charge >= 0.3 is 0 Å². The van der Waals surface area contributed by atoms with Crippen molar-refractivity contribution in [2.45, 2.75) is 83.3 Å². The lowest BCUT2D eigenvalue weighted by Gasteiger charge is -2.36. The summed E-state index contributed by atoms with van der Waals surface area (Å²) in [7, 11) is 0. The molecule has 2 aliphatic rings. The van der Waals surface area contributed by atoms with Crippen LogP contribution in [-0.4, -0.2) is 23.3 Å². The van der Waals surface area contributed by atoms with E-state index in [1.165, 1.54) is 44.9 Å². The zero-order valence-electron chi connectivity index (χ0n) is 12.3. The van der Waals surface area contributed by atoms with E-state index in [2.05, 4.69) is 19.2 Å². The maximum atomic E-state index is 10.7. The van der Waals surface area contributed by atoms with Crippen LogP contribution in [0.5, 0.6) is 0 Å². The minimum atomic E-state index is -0.417. The Balaban J connectivity index is 1.79. The summed E-state index contributed by atoms with van der Waals surface area (Å²) in [6, 6.07) is 0.633. The highest BCUT2D eigenvalue weighted by Crippen LogP contribution is 2.30. The lowest BCUT2D eigenvalue weighted by molar-refractivity contribution is 0.0187. The average Bonchev–Trinajstić information content (AvgIpc) is 2.54. The molecule has 0 heterocycles. The first kappa shape index (κ1) is 14.3. The highest BCUT2D eigenvalue weighted by atomic mass is 16.3. The van der Waals surface area contributed by atoms with Crippen molar-refractivity contribution in [3.05, 3.63) is 0 Å². The Bertz CT molecular complexity index is 245. The van der Waals surface area contributed by atoms with Gasteiger partial charge in [0.05, 0.1) is 5.60 Å². The molecule has 0 bridgehead atoms. The summed E-state index contributed by atoms with van der Waals surface area (Å²) in [5.74, 6) is 1.65. The zero-order valence-corrected chi connectivity index (χ0v) is 12.3. The van der Waals surface area contributed by atoms with Crippen molar-refractivity contribution in [1.82, 2.24) is 5.32 Å². The molecule has 0 aromatic heterocycles. The average molecular weight is 253 g/mol. The fraction of sp³-hybridized carbons (Fsp3) is 1.00. The van der Waals surface area contributed by atoms with E-state index >= 15 is 0 Å². The molecule has 2 rings (SSSR count). The summed E-state index contributed by atoms with van der Waals surface area (Å²) in [5, 5.41) is 14.3. The van der Waals surface area contributed by atoms with E-state index in [0.717, 1.165) is 31.2 Å². The molecule has 3 unspecified atom stereocenters. The van der Waals surface area contributed by atoms with Gasteiger partial charge in [-0.25, -0.2) is 0 Å². The van der Waals surface area contributed by atoms with Gasteiger partial charge in [-0.3, -0.25) is 0 Å². The van der Waals surface area contributed by atoms with Crippen LogP contribution in [0, 0.1) is 11.8 Å². The molecule has 0 amide bonds. The molecule has 106 valence electrons. The lowest BCUT2D eigenvalue weighted by Crippen LogP contribution is -2.47. The van der Waals surface area contributed by atoms with Gasteiger partial charge in [0, 0.05) is 12.6 Å². The van der Waals surface area contributed by atoms with E-state index < -0.39 is 5.60 Å². The normalized spacial score (nSPS) is 37.2. The zero-order chi connectivity index (χ0) is 13.0. The molecule has 0 aromatic rings. The molecule has 0 aromatic carbocycles. The van der Waals surface area contributed by atoms with Crippen molar-refractivity contribution in [2.24, 2.45) is 11.8 Å². The van der Waals surface area contributed by atoms with Gasteiger partial charge in [0.15, 0.2) is 0 Å². The van der Waals surface area contributed by atoms with E-state index in [1.54, 1.807) is 0 Å². The lowest BCUT2D eigenvalue weighted by atomic mass is 9.79. The van der Waals surface area contributed by atoms with Crippen molar-refractivity contribution in [2.75, 3.05) is 6.54 Å². The Morgan fingerprint density at radius 1 is 1.06 bits per heavy atom. The van der Waals surface area contributed by atoms with Crippen LogP contribution in [0.15, 0.2) is 0 Å². The maximum Gasteiger partial charge on any atom is 0.0771 e. The minimum absolute atomic E-state index is 0.417. The third kappa shape index (κ3) is 3.96. The van der Waals surface area contributed by atoms with Gasteiger partial charge < -0.3 is 10.4 Å². The van der Waals surface area contributed by atoms with E-state index in [0.29, 0.717) is 6.04 Å². The molecule has 0 spiro atoms. The number of hydrogen-bond donors (Lipinski definition) is 2. The molecule has 2 nitrogen and oxygen atoms in total. The molecular weight excluding hydrogens is 222 g/mol. The molecule has 0 radical (unpaired) electrons. The van der Waals surface area contributed by atoms with Crippen LogP contribution >= 0.6 is 0 Å². The number of hydrogen-bond acceptors (Lipinski definition) is 2. The minimum Gasteiger partial charge on any atom is -0.389 e. The van der Waals surface area contributed by atoms with E-state index in [1.807, 2.05) is 0 Å². The van der Waals surface area contributed by atoms with E-state index in [4.69, 9.17) is 0 Å². The van der Waals surface area contributed by atoms with Crippen LogP contribution in [0.3, 0.4) is 0 Å². The maximum absolute atomic E-state index is 10.7. The summed E-state index contributed by atoms with van der Waals surface area (Å²) < 4.78 is 0. The molecular formula is C16H31NO. The van der Waals surface area contributed by atoms with Crippen LogP contribution in [0.4, 0.5) is 0 Å². The summed E-state index contributed by atoms with van der Waals surface area (Å²) in [6.07, 6.45) is 11.0. The van der Waals surface area contributed by atoms with Crippen molar-refractivity contribution in [3.8, 4) is 0 Å². The van der Waals surface area contributed by atoms with Crippen molar-refractivity contribution in [3.63, 3.8) is 0 Å². The second kappa shape index (κ2) is 6.38. The second-order valence-electron chi connectivity index (χ2n) is 7.02. The van der Waals surface area contributed by atoms with E-state index in [9.17, 15) is 5.11 Å². The van der Waals surface area contributed by atoms with Crippen LogP contribution in [0.25, 0.3) is 0 Å². The molecule has 2 fully saturated rings. The van der Waals surface area contributed by atoms with Crippen molar-refractivity contribution >= 4 is 0 Å². The van der Waals surface area contributed by atoms with E-state index in [-0.39, 0.29) is 0 Å². The number of nitrogens with one attached hydrogen (secondary N) is 1. The summed E-state index contributed by atoms with van der Waals surface area (Å²) >= 11 is 0. The molecule has 0 saturated heterocycles. The second-order valence-corrected chi connectivity index (χ2v) is 7.02. The molecule has 3 atom stereocenters. The Hall–Kier alpha value is -0.0800.